The van der Waals surface area contributed by atoms with E-state index in [1.54, 1.807) is 0 Å². The molecule has 0 unspecified atom stereocenters. The minimum absolute atomic E-state index is 0.233. The highest BCUT2D eigenvalue weighted by molar-refractivity contribution is 4.71. The summed E-state index contributed by atoms with van der Waals surface area (Å²) in [5.74, 6) is 0. The molecule has 2 atom stereocenters. The lowest BCUT2D eigenvalue weighted by atomic mass is 10.2. The first-order valence-electron chi connectivity index (χ1n) is 4.66. The Bertz CT molecular complexity index is 128. The standard InChI is InChI=1S/C9H19NO2/c1-7(2)11-6-9-5-10-4-8(3)12-9/h7-10H,4-6H2,1-3H3/t8-,9-/m1/s1. The third kappa shape index (κ3) is 3.52. The summed E-state index contributed by atoms with van der Waals surface area (Å²) in [6, 6.07) is 0. The number of nitrogens with one attached hydrogen (secondary N) is 1. The summed E-state index contributed by atoms with van der Waals surface area (Å²) < 4.78 is 11.1. The molecule has 3 heteroatoms. The van der Waals surface area contributed by atoms with Crippen LogP contribution in [0.15, 0.2) is 0 Å². The van der Waals surface area contributed by atoms with E-state index >= 15 is 0 Å². The molecule has 0 bridgehead atoms. The van der Waals surface area contributed by atoms with Gasteiger partial charge in [0.05, 0.1) is 24.9 Å². The van der Waals surface area contributed by atoms with Gasteiger partial charge in [0.25, 0.3) is 0 Å². The Morgan fingerprint density at radius 3 is 2.83 bits per heavy atom. The molecule has 0 radical (unpaired) electrons. The maximum Gasteiger partial charge on any atom is 0.0936 e. The van der Waals surface area contributed by atoms with Crippen molar-refractivity contribution in [3.63, 3.8) is 0 Å². The maximum atomic E-state index is 5.65. The Morgan fingerprint density at radius 2 is 2.25 bits per heavy atom. The van der Waals surface area contributed by atoms with Gasteiger partial charge < -0.3 is 14.8 Å². The van der Waals surface area contributed by atoms with E-state index in [4.69, 9.17) is 9.47 Å². The molecule has 1 aliphatic heterocycles. The van der Waals surface area contributed by atoms with Crippen LogP contribution in [0.25, 0.3) is 0 Å². The van der Waals surface area contributed by atoms with Crippen molar-refractivity contribution in [3.8, 4) is 0 Å². The van der Waals surface area contributed by atoms with Crippen LogP contribution in [0, 0.1) is 0 Å². The minimum atomic E-state index is 0.233. The van der Waals surface area contributed by atoms with Crippen molar-refractivity contribution in [1.29, 1.82) is 0 Å². The number of hydrogen-bond donors (Lipinski definition) is 1. The van der Waals surface area contributed by atoms with Crippen LogP contribution in [0.4, 0.5) is 0 Å². The van der Waals surface area contributed by atoms with Gasteiger partial charge in [0, 0.05) is 13.1 Å². The molecule has 0 aromatic carbocycles. The number of rotatable bonds is 3. The molecule has 0 aromatic rings. The number of morpholine rings is 1. The second-order valence-electron chi connectivity index (χ2n) is 3.61. The molecule has 12 heavy (non-hydrogen) atoms. The normalized spacial score (nSPS) is 31.0. The fraction of sp³-hybridized carbons (Fsp3) is 1.00. The highest BCUT2D eigenvalue weighted by Crippen LogP contribution is 2.04. The van der Waals surface area contributed by atoms with Crippen LogP contribution in [0.5, 0.6) is 0 Å². The molecule has 0 aromatic heterocycles. The van der Waals surface area contributed by atoms with Crippen LogP contribution in [0.1, 0.15) is 20.8 Å². The Hall–Kier alpha value is -0.120. The van der Waals surface area contributed by atoms with Gasteiger partial charge in [0.1, 0.15) is 0 Å². The van der Waals surface area contributed by atoms with E-state index in [0.29, 0.717) is 18.8 Å². The lowest BCUT2D eigenvalue weighted by molar-refractivity contribution is -0.0792. The van der Waals surface area contributed by atoms with E-state index in [1.807, 2.05) is 13.8 Å². The summed E-state index contributed by atoms with van der Waals surface area (Å²) in [5, 5.41) is 3.30. The maximum absolute atomic E-state index is 5.65. The van der Waals surface area contributed by atoms with E-state index < -0.39 is 0 Å². The smallest absolute Gasteiger partial charge is 0.0936 e. The second-order valence-corrected chi connectivity index (χ2v) is 3.61. The Labute approximate surface area is 74.4 Å². The molecule has 1 saturated heterocycles. The molecule has 0 amide bonds. The van der Waals surface area contributed by atoms with Gasteiger partial charge in [-0.05, 0) is 20.8 Å². The van der Waals surface area contributed by atoms with E-state index in [-0.39, 0.29) is 6.10 Å². The monoisotopic (exact) mass is 173 g/mol. The Balaban J connectivity index is 2.14. The van der Waals surface area contributed by atoms with Crippen molar-refractivity contribution >= 4 is 0 Å². The van der Waals surface area contributed by atoms with Gasteiger partial charge in [-0.3, -0.25) is 0 Å². The van der Waals surface area contributed by atoms with Gasteiger partial charge in [-0.25, -0.2) is 0 Å². The molecule has 0 aliphatic carbocycles. The molecule has 0 saturated carbocycles. The topological polar surface area (TPSA) is 30.5 Å². The van der Waals surface area contributed by atoms with Crippen LogP contribution in [-0.2, 0) is 9.47 Å². The molecule has 1 rings (SSSR count). The fourth-order valence-electron chi connectivity index (χ4n) is 1.27. The van der Waals surface area contributed by atoms with Crippen LogP contribution in [0.3, 0.4) is 0 Å². The van der Waals surface area contributed by atoms with E-state index in [9.17, 15) is 0 Å². The first kappa shape index (κ1) is 9.96. The van der Waals surface area contributed by atoms with E-state index in [2.05, 4.69) is 12.2 Å². The molecule has 1 heterocycles. The summed E-state index contributed by atoms with van der Waals surface area (Å²) in [7, 11) is 0. The van der Waals surface area contributed by atoms with Crippen molar-refractivity contribution in [2.45, 2.75) is 39.1 Å². The third-order valence-electron chi connectivity index (χ3n) is 1.84. The van der Waals surface area contributed by atoms with E-state index in [1.165, 1.54) is 0 Å². The van der Waals surface area contributed by atoms with Crippen molar-refractivity contribution < 1.29 is 9.47 Å². The van der Waals surface area contributed by atoms with Crippen LogP contribution in [0.2, 0.25) is 0 Å². The summed E-state index contributed by atoms with van der Waals surface area (Å²) in [4.78, 5) is 0. The summed E-state index contributed by atoms with van der Waals surface area (Å²) in [6.45, 7) is 8.73. The van der Waals surface area contributed by atoms with Crippen LogP contribution in [-0.4, -0.2) is 38.0 Å². The lowest BCUT2D eigenvalue weighted by Crippen LogP contribution is -2.45. The SMILES string of the molecule is CC(C)OC[C@H]1CNC[C@@H](C)O1. The predicted molar refractivity (Wildman–Crippen MR) is 48.3 cm³/mol. The second kappa shape index (κ2) is 4.80. The predicted octanol–water partition coefficient (Wildman–Crippen LogP) is 0.788. The quantitative estimate of drug-likeness (QED) is 0.684. The highest BCUT2D eigenvalue weighted by Gasteiger charge is 2.18. The Kier molecular flexibility index (Phi) is 3.98. The fourth-order valence-corrected chi connectivity index (χ4v) is 1.27. The highest BCUT2D eigenvalue weighted by atomic mass is 16.5. The lowest BCUT2D eigenvalue weighted by Gasteiger charge is -2.29. The zero-order valence-electron chi connectivity index (χ0n) is 8.17. The zero-order chi connectivity index (χ0) is 8.97. The van der Waals surface area contributed by atoms with Crippen molar-refractivity contribution in [3.05, 3.63) is 0 Å². The van der Waals surface area contributed by atoms with Crippen molar-refractivity contribution in [1.82, 2.24) is 5.32 Å². The molecule has 3 nitrogen and oxygen atoms in total. The largest absolute Gasteiger partial charge is 0.376 e. The summed E-state index contributed by atoms with van der Waals surface area (Å²) in [6.07, 6.45) is 0.849. The molecular formula is C9H19NO2. The van der Waals surface area contributed by atoms with Gasteiger partial charge >= 0.3 is 0 Å². The summed E-state index contributed by atoms with van der Waals surface area (Å²) >= 11 is 0. The average Bonchev–Trinajstić information content (AvgIpc) is 2.01. The van der Waals surface area contributed by atoms with Gasteiger partial charge in [-0.15, -0.1) is 0 Å². The zero-order valence-corrected chi connectivity index (χ0v) is 8.17. The number of hydrogen-bond acceptors (Lipinski definition) is 3. The average molecular weight is 173 g/mol. The number of ether oxygens (including phenoxy) is 2. The minimum Gasteiger partial charge on any atom is -0.376 e. The van der Waals surface area contributed by atoms with Crippen molar-refractivity contribution in [2.24, 2.45) is 0 Å². The van der Waals surface area contributed by atoms with Gasteiger partial charge in [0.15, 0.2) is 0 Å². The van der Waals surface area contributed by atoms with Crippen molar-refractivity contribution in [2.75, 3.05) is 19.7 Å². The summed E-state index contributed by atoms with van der Waals surface area (Å²) in [5.41, 5.74) is 0. The van der Waals surface area contributed by atoms with Crippen LogP contribution < -0.4 is 5.32 Å². The molecular weight excluding hydrogens is 154 g/mol. The molecule has 1 fully saturated rings. The molecule has 0 spiro atoms. The molecule has 1 N–H and O–H groups in total. The molecule has 1 aliphatic rings. The van der Waals surface area contributed by atoms with Gasteiger partial charge in [0.2, 0.25) is 0 Å². The third-order valence-corrected chi connectivity index (χ3v) is 1.84. The van der Waals surface area contributed by atoms with Crippen LogP contribution >= 0.6 is 0 Å². The van der Waals surface area contributed by atoms with Gasteiger partial charge in [-0.1, -0.05) is 0 Å². The van der Waals surface area contributed by atoms with E-state index in [0.717, 1.165) is 13.1 Å². The first-order chi connectivity index (χ1) is 5.68. The first-order valence-corrected chi connectivity index (χ1v) is 4.66. The Morgan fingerprint density at radius 1 is 1.50 bits per heavy atom. The molecule has 72 valence electrons. The van der Waals surface area contributed by atoms with Gasteiger partial charge in [-0.2, -0.15) is 0 Å².